The minimum Gasteiger partial charge on any atom is -0.337 e. The fourth-order valence-electron chi connectivity index (χ4n) is 6.42. The van der Waals surface area contributed by atoms with E-state index in [1.165, 1.54) is 55.9 Å². The van der Waals surface area contributed by atoms with E-state index in [1.807, 2.05) is 12.5 Å². The smallest absolute Gasteiger partial charge is 0.217 e. The SMILES string of the molecule is c1ccc(-c2c3c([n+](CCCn4ccnc4)c4c2CCc2ccccc2-4)-c2ccccc2CC3)cc1. The second-order valence-electron chi connectivity index (χ2n) is 10.0. The van der Waals surface area contributed by atoms with E-state index >= 15 is 0 Å². The van der Waals surface area contributed by atoms with E-state index in [-0.39, 0.29) is 0 Å². The van der Waals surface area contributed by atoms with Gasteiger partial charge in [-0.05, 0) is 54.5 Å². The van der Waals surface area contributed by atoms with E-state index in [2.05, 4.69) is 99.2 Å². The normalized spacial score (nSPS) is 13.4. The van der Waals surface area contributed by atoms with Crippen LogP contribution in [0.4, 0.5) is 0 Å². The summed E-state index contributed by atoms with van der Waals surface area (Å²) in [6, 6.07) is 29.3. The molecular weight excluding hydrogens is 438 g/mol. The molecule has 0 spiro atoms. The number of aromatic nitrogens is 3. The molecule has 0 amide bonds. The summed E-state index contributed by atoms with van der Waals surface area (Å²) in [5.41, 5.74) is 14.5. The van der Waals surface area contributed by atoms with Crippen molar-refractivity contribution >= 4 is 0 Å². The molecule has 2 heterocycles. The van der Waals surface area contributed by atoms with Crippen LogP contribution in [0.25, 0.3) is 33.6 Å². The highest BCUT2D eigenvalue weighted by Crippen LogP contribution is 2.44. The van der Waals surface area contributed by atoms with Gasteiger partial charge in [-0.3, -0.25) is 0 Å². The second-order valence-corrected chi connectivity index (χ2v) is 10.0. The number of hydrogen-bond acceptors (Lipinski definition) is 1. The van der Waals surface area contributed by atoms with Crippen LogP contribution in [-0.4, -0.2) is 9.55 Å². The molecule has 3 nitrogen and oxygen atoms in total. The topological polar surface area (TPSA) is 21.7 Å². The van der Waals surface area contributed by atoms with Crippen LogP contribution in [0.3, 0.4) is 0 Å². The van der Waals surface area contributed by atoms with E-state index in [0.29, 0.717) is 0 Å². The maximum absolute atomic E-state index is 4.25. The molecule has 0 unspecified atom stereocenters. The lowest BCUT2D eigenvalue weighted by Gasteiger charge is -2.28. The molecule has 0 aliphatic heterocycles. The van der Waals surface area contributed by atoms with Crippen molar-refractivity contribution in [3.05, 3.63) is 120 Å². The number of imidazole rings is 1. The molecule has 2 aromatic heterocycles. The Balaban J connectivity index is 1.52. The van der Waals surface area contributed by atoms with Crippen LogP contribution in [0.2, 0.25) is 0 Å². The van der Waals surface area contributed by atoms with Gasteiger partial charge in [0.05, 0.1) is 6.33 Å². The van der Waals surface area contributed by atoms with Crippen molar-refractivity contribution < 1.29 is 4.57 Å². The molecule has 36 heavy (non-hydrogen) atoms. The quantitative estimate of drug-likeness (QED) is 0.271. The van der Waals surface area contributed by atoms with Crippen molar-refractivity contribution in [2.45, 2.75) is 45.2 Å². The van der Waals surface area contributed by atoms with Crippen LogP contribution in [0.15, 0.2) is 97.6 Å². The Morgan fingerprint density at radius 1 is 0.694 bits per heavy atom. The standard InChI is InChI=1S/C33H30N3/c1-2-11-26(12-3-1)31-29-17-15-24-9-4-6-13-27(24)32(29)36(21-8-20-35-22-19-34-23-35)33-28-14-7-5-10-25(28)16-18-30(31)33/h1-7,9-14,19,22-23H,8,15-18,20-21H2/q+1. The Hall–Kier alpha value is -3.98. The fourth-order valence-corrected chi connectivity index (χ4v) is 6.42. The average Bonchev–Trinajstić information content (AvgIpc) is 3.46. The molecule has 3 aromatic carbocycles. The first-order valence-corrected chi connectivity index (χ1v) is 13.2. The zero-order valence-electron chi connectivity index (χ0n) is 20.5. The van der Waals surface area contributed by atoms with Crippen molar-refractivity contribution in [1.82, 2.24) is 9.55 Å². The van der Waals surface area contributed by atoms with Crippen LogP contribution in [0, 0.1) is 0 Å². The monoisotopic (exact) mass is 468 g/mol. The summed E-state index contributed by atoms with van der Waals surface area (Å²) >= 11 is 0. The molecule has 5 aromatic rings. The molecule has 0 bridgehead atoms. The molecule has 0 saturated carbocycles. The third-order valence-corrected chi connectivity index (χ3v) is 7.97. The lowest BCUT2D eigenvalue weighted by Crippen LogP contribution is -2.43. The van der Waals surface area contributed by atoms with E-state index < -0.39 is 0 Å². The molecule has 2 aliphatic rings. The first-order valence-electron chi connectivity index (χ1n) is 13.2. The Kier molecular flexibility index (Phi) is 5.27. The Bertz CT molecular complexity index is 1470. The van der Waals surface area contributed by atoms with Crippen LogP contribution in [0.1, 0.15) is 28.7 Å². The third-order valence-electron chi connectivity index (χ3n) is 7.97. The van der Waals surface area contributed by atoms with Crippen molar-refractivity contribution in [2.24, 2.45) is 0 Å². The maximum Gasteiger partial charge on any atom is 0.217 e. The predicted octanol–water partition coefficient (Wildman–Crippen LogP) is 6.46. The molecule has 176 valence electrons. The molecule has 2 aliphatic carbocycles. The van der Waals surface area contributed by atoms with E-state index in [9.17, 15) is 0 Å². The maximum atomic E-state index is 4.25. The van der Waals surface area contributed by atoms with Gasteiger partial charge in [-0.2, -0.15) is 4.57 Å². The van der Waals surface area contributed by atoms with Crippen LogP contribution < -0.4 is 4.57 Å². The number of benzene rings is 3. The summed E-state index contributed by atoms with van der Waals surface area (Å²) in [7, 11) is 0. The highest BCUT2D eigenvalue weighted by molar-refractivity contribution is 5.85. The zero-order valence-corrected chi connectivity index (χ0v) is 20.5. The molecule has 3 heteroatoms. The van der Waals surface area contributed by atoms with Gasteiger partial charge in [0.2, 0.25) is 11.4 Å². The van der Waals surface area contributed by atoms with Gasteiger partial charge in [-0.15, -0.1) is 0 Å². The number of fused-ring (bicyclic) bond motifs is 6. The summed E-state index contributed by atoms with van der Waals surface area (Å²) in [5.74, 6) is 0. The highest BCUT2D eigenvalue weighted by atomic mass is 15.0. The van der Waals surface area contributed by atoms with Gasteiger partial charge in [0.1, 0.15) is 0 Å². The zero-order chi connectivity index (χ0) is 23.9. The van der Waals surface area contributed by atoms with Crippen molar-refractivity contribution in [2.75, 3.05) is 0 Å². The molecule has 0 atom stereocenters. The largest absolute Gasteiger partial charge is 0.337 e. The predicted molar refractivity (Wildman–Crippen MR) is 145 cm³/mol. The fraction of sp³-hybridized carbons (Fsp3) is 0.212. The first kappa shape index (κ1) is 21.3. The minimum atomic E-state index is 0.972. The lowest BCUT2D eigenvalue weighted by atomic mass is 9.77. The second kappa shape index (κ2) is 8.91. The van der Waals surface area contributed by atoms with Gasteiger partial charge in [-0.1, -0.05) is 66.7 Å². The van der Waals surface area contributed by atoms with E-state index in [4.69, 9.17) is 0 Å². The average molecular weight is 469 g/mol. The van der Waals surface area contributed by atoms with Gasteiger partial charge >= 0.3 is 0 Å². The van der Waals surface area contributed by atoms with Crippen molar-refractivity contribution in [1.29, 1.82) is 0 Å². The number of hydrogen-bond donors (Lipinski definition) is 0. The van der Waals surface area contributed by atoms with Crippen molar-refractivity contribution in [3.8, 4) is 33.6 Å². The number of aryl methyl sites for hydroxylation is 3. The minimum absolute atomic E-state index is 0.972. The number of nitrogens with zero attached hydrogens (tertiary/aromatic N) is 3. The summed E-state index contributed by atoms with van der Waals surface area (Å²) in [4.78, 5) is 4.25. The van der Waals surface area contributed by atoms with Crippen molar-refractivity contribution in [3.63, 3.8) is 0 Å². The van der Waals surface area contributed by atoms with Crippen LogP contribution >= 0.6 is 0 Å². The van der Waals surface area contributed by atoms with Crippen LogP contribution in [0.5, 0.6) is 0 Å². The Labute approximate surface area is 212 Å². The molecule has 0 fully saturated rings. The highest BCUT2D eigenvalue weighted by Gasteiger charge is 2.37. The van der Waals surface area contributed by atoms with E-state index in [0.717, 1.165) is 45.2 Å². The van der Waals surface area contributed by atoms with Gasteiger partial charge in [-0.25, -0.2) is 4.98 Å². The Morgan fingerprint density at radius 3 is 1.92 bits per heavy atom. The lowest BCUT2D eigenvalue weighted by molar-refractivity contribution is -0.676. The summed E-state index contributed by atoms with van der Waals surface area (Å²) in [5, 5.41) is 0. The first-order chi connectivity index (χ1) is 17.9. The summed E-state index contributed by atoms with van der Waals surface area (Å²) in [6.45, 7) is 1.96. The molecule has 0 radical (unpaired) electrons. The third kappa shape index (κ3) is 3.50. The van der Waals surface area contributed by atoms with Gasteiger partial charge < -0.3 is 4.57 Å². The van der Waals surface area contributed by atoms with Gasteiger partial charge in [0.15, 0.2) is 6.54 Å². The summed E-state index contributed by atoms with van der Waals surface area (Å²) in [6.07, 6.45) is 11.3. The molecule has 0 N–H and O–H groups in total. The molecule has 7 rings (SSSR count). The Morgan fingerprint density at radius 2 is 1.31 bits per heavy atom. The van der Waals surface area contributed by atoms with Gasteiger partial charge in [0.25, 0.3) is 0 Å². The number of pyridine rings is 1. The van der Waals surface area contributed by atoms with Crippen LogP contribution in [-0.2, 0) is 38.8 Å². The molecular formula is C33H30N3+. The summed E-state index contributed by atoms with van der Waals surface area (Å²) < 4.78 is 4.88. The van der Waals surface area contributed by atoms with E-state index in [1.54, 1.807) is 0 Å². The van der Waals surface area contributed by atoms with Gasteiger partial charge in [0, 0.05) is 53.2 Å². The number of rotatable bonds is 5. The molecule has 0 saturated heterocycles.